The van der Waals surface area contributed by atoms with Crippen molar-refractivity contribution in [3.63, 3.8) is 0 Å². The zero-order valence-electron chi connectivity index (χ0n) is 15.9. The Balaban J connectivity index is 0.00000112. The topological polar surface area (TPSA) is 32.8 Å². The van der Waals surface area contributed by atoms with Crippen molar-refractivity contribution in [2.75, 3.05) is 40.3 Å². The molecule has 1 aromatic carbocycles. The first-order valence-electron chi connectivity index (χ1n) is 8.68. The highest BCUT2D eigenvalue weighted by molar-refractivity contribution is 7.82. The van der Waals surface area contributed by atoms with Gasteiger partial charge in [-0.1, -0.05) is 40.7 Å². The molecule has 1 fully saturated rings. The Bertz CT molecular complexity index is 458. The zero-order chi connectivity index (χ0) is 17.8. The van der Waals surface area contributed by atoms with Crippen LogP contribution in [0, 0.1) is 0 Å². The molecule has 134 valence electrons. The van der Waals surface area contributed by atoms with E-state index in [2.05, 4.69) is 18.9 Å². The van der Waals surface area contributed by atoms with Gasteiger partial charge in [-0.05, 0) is 31.2 Å². The minimum atomic E-state index is -1.12. The van der Waals surface area contributed by atoms with Gasteiger partial charge in [0.1, 0.15) is 16.7 Å². The summed E-state index contributed by atoms with van der Waals surface area (Å²) >= 11 is 0. The molecule has 1 heterocycles. The number of piperazine rings is 1. The second kappa shape index (κ2) is 12.5. The number of rotatable bonds is 4. The van der Waals surface area contributed by atoms with E-state index in [4.69, 9.17) is 4.74 Å². The summed E-state index contributed by atoms with van der Waals surface area (Å²) in [4.78, 5) is 3.04. The minimum Gasteiger partial charge on any atom is -0.495 e. The highest BCUT2D eigenvalue weighted by Crippen LogP contribution is 2.26. The Morgan fingerprint density at radius 2 is 1.65 bits per heavy atom. The van der Waals surface area contributed by atoms with Crippen LogP contribution in [-0.4, -0.2) is 53.8 Å². The smallest absolute Gasteiger partial charge is 0.136 e. The van der Waals surface area contributed by atoms with Crippen LogP contribution in [0.2, 0.25) is 0 Å². The summed E-state index contributed by atoms with van der Waals surface area (Å²) in [6, 6.07) is 5.96. The van der Waals surface area contributed by atoms with Gasteiger partial charge < -0.3 is 9.64 Å². The number of aryl methyl sites for hydroxylation is 1. The van der Waals surface area contributed by atoms with Crippen LogP contribution in [0.15, 0.2) is 23.1 Å². The molecule has 1 aliphatic heterocycles. The molecule has 0 bridgehead atoms. The van der Waals surface area contributed by atoms with E-state index < -0.39 is 11.0 Å². The molecule has 0 amide bonds. The Hall–Kier alpha value is -0.910. The molecule has 1 aromatic rings. The van der Waals surface area contributed by atoms with Crippen molar-refractivity contribution in [2.45, 2.75) is 45.9 Å². The molecule has 1 unspecified atom stereocenters. The van der Waals surface area contributed by atoms with Gasteiger partial charge >= 0.3 is 0 Å². The molecule has 0 aliphatic carbocycles. The maximum atomic E-state index is 12.6. The lowest BCUT2D eigenvalue weighted by Crippen LogP contribution is -2.45. The molecule has 0 spiro atoms. The summed E-state index contributed by atoms with van der Waals surface area (Å²) in [5, 5.41) is 0. The fourth-order valence-corrected chi connectivity index (χ4v) is 3.44. The van der Waals surface area contributed by atoms with E-state index in [1.807, 2.05) is 50.2 Å². The monoisotopic (exact) mass is 342 g/mol. The average Bonchev–Trinajstić information content (AvgIpc) is 2.64. The largest absolute Gasteiger partial charge is 0.495 e. The molecule has 0 N–H and O–H groups in total. The zero-order valence-corrected chi connectivity index (χ0v) is 16.7. The van der Waals surface area contributed by atoms with E-state index in [0.29, 0.717) is 0 Å². The summed E-state index contributed by atoms with van der Waals surface area (Å²) in [6.07, 6.45) is 0.956. The van der Waals surface area contributed by atoms with E-state index >= 15 is 0 Å². The van der Waals surface area contributed by atoms with Crippen LogP contribution < -0.4 is 4.74 Å². The second-order valence-electron chi connectivity index (χ2n) is 4.82. The molecule has 2 rings (SSSR count). The molecule has 5 heteroatoms. The fraction of sp³-hybridized carbons (Fsp3) is 0.667. The molecule has 23 heavy (non-hydrogen) atoms. The summed E-state index contributed by atoms with van der Waals surface area (Å²) in [6.45, 7) is 13.7. The summed E-state index contributed by atoms with van der Waals surface area (Å²) in [7, 11) is 2.61. The standard InChI is InChI=1S/C14H22N2O2S.2C2H6/c1-4-12-5-6-14(13(11-12)18-3)19(17)16-9-7-15(2)8-10-16;2*1-2/h5-6,11H,4,7-10H2,1-3H3;2*1-2H3. The summed E-state index contributed by atoms with van der Waals surface area (Å²) < 4.78 is 20.0. The summed E-state index contributed by atoms with van der Waals surface area (Å²) in [5.41, 5.74) is 1.20. The Morgan fingerprint density at radius 1 is 1.09 bits per heavy atom. The van der Waals surface area contributed by atoms with Crippen molar-refractivity contribution in [1.82, 2.24) is 9.21 Å². The van der Waals surface area contributed by atoms with Gasteiger partial charge in [-0.15, -0.1) is 0 Å². The van der Waals surface area contributed by atoms with Gasteiger partial charge in [-0.25, -0.2) is 8.51 Å². The van der Waals surface area contributed by atoms with E-state index in [1.165, 1.54) is 5.56 Å². The van der Waals surface area contributed by atoms with Crippen molar-refractivity contribution >= 4 is 11.0 Å². The lowest BCUT2D eigenvalue weighted by atomic mass is 10.2. The Morgan fingerprint density at radius 3 is 2.13 bits per heavy atom. The molecule has 1 saturated heterocycles. The predicted octanol–water partition coefficient (Wildman–Crippen LogP) is 3.58. The molecule has 0 aromatic heterocycles. The van der Waals surface area contributed by atoms with Gasteiger partial charge in [0.25, 0.3) is 0 Å². The first-order chi connectivity index (χ1) is 11.2. The first kappa shape index (κ1) is 22.1. The van der Waals surface area contributed by atoms with E-state index in [-0.39, 0.29) is 0 Å². The molecule has 1 aliphatic rings. The van der Waals surface area contributed by atoms with Gasteiger partial charge in [-0.2, -0.15) is 0 Å². The normalized spacial score (nSPS) is 16.5. The third-order valence-corrected chi connectivity index (χ3v) is 5.07. The molecule has 0 saturated carbocycles. The summed E-state index contributed by atoms with van der Waals surface area (Å²) in [5.74, 6) is 0.733. The van der Waals surface area contributed by atoms with E-state index in [9.17, 15) is 4.21 Å². The van der Waals surface area contributed by atoms with Crippen LogP contribution in [0.3, 0.4) is 0 Å². The van der Waals surface area contributed by atoms with Gasteiger partial charge in [0.15, 0.2) is 0 Å². The molecule has 1 atom stereocenters. The number of likely N-dealkylation sites (N-methyl/N-ethyl adjacent to an activating group) is 1. The van der Waals surface area contributed by atoms with Crippen molar-refractivity contribution < 1.29 is 8.95 Å². The quantitative estimate of drug-likeness (QED) is 0.838. The number of nitrogens with zero attached hydrogens (tertiary/aromatic N) is 2. The van der Waals surface area contributed by atoms with Crippen LogP contribution in [0.1, 0.15) is 40.2 Å². The molecular formula is C18H34N2O2S. The van der Waals surface area contributed by atoms with Crippen molar-refractivity contribution in [1.29, 1.82) is 0 Å². The van der Waals surface area contributed by atoms with Crippen molar-refractivity contribution in [3.8, 4) is 5.75 Å². The maximum absolute atomic E-state index is 12.6. The molecule has 0 radical (unpaired) electrons. The van der Waals surface area contributed by atoms with Crippen LogP contribution in [0.25, 0.3) is 0 Å². The first-order valence-corrected chi connectivity index (χ1v) is 9.78. The van der Waals surface area contributed by atoms with Crippen LogP contribution in [0.5, 0.6) is 5.75 Å². The Labute approximate surface area is 145 Å². The van der Waals surface area contributed by atoms with Gasteiger partial charge in [0.2, 0.25) is 0 Å². The van der Waals surface area contributed by atoms with Gasteiger partial charge in [-0.3, -0.25) is 0 Å². The number of benzene rings is 1. The third kappa shape index (κ3) is 6.61. The third-order valence-electron chi connectivity index (χ3n) is 3.52. The van der Waals surface area contributed by atoms with Crippen LogP contribution in [-0.2, 0) is 17.4 Å². The maximum Gasteiger partial charge on any atom is 0.136 e. The van der Waals surface area contributed by atoms with Gasteiger partial charge in [0, 0.05) is 26.2 Å². The predicted molar refractivity (Wildman–Crippen MR) is 101 cm³/mol. The fourth-order valence-electron chi connectivity index (χ4n) is 2.17. The lowest BCUT2D eigenvalue weighted by molar-refractivity contribution is 0.228. The Kier molecular flexibility index (Phi) is 12.0. The van der Waals surface area contributed by atoms with E-state index in [1.54, 1.807) is 7.11 Å². The second-order valence-corrected chi connectivity index (χ2v) is 6.27. The number of methoxy groups -OCH3 is 1. The number of hydrogen-bond donors (Lipinski definition) is 0. The SMILES string of the molecule is CC.CC.CCc1ccc(S(=O)N2CCN(C)CC2)c(OC)c1. The molecular weight excluding hydrogens is 308 g/mol. The minimum absolute atomic E-state index is 0.733. The lowest BCUT2D eigenvalue weighted by Gasteiger charge is -2.31. The number of hydrogen-bond acceptors (Lipinski definition) is 3. The van der Waals surface area contributed by atoms with Crippen molar-refractivity contribution in [3.05, 3.63) is 23.8 Å². The van der Waals surface area contributed by atoms with Crippen molar-refractivity contribution in [2.24, 2.45) is 0 Å². The van der Waals surface area contributed by atoms with Gasteiger partial charge in [0.05, 0.1) is 12.0 Å². The number of ether oxygens (including phenoxy) is 1. The molecule has 4 nitrogen and oxygen atoms in total. The highest BCUT2D eigenvalue weighted by Gasteiger charge is 2.22. The van der Waals surface area contributed by atoms with Crippen LogP contribution >= 0.6 is 0 Å². The van der Waals surface area contributed by atoms with E-state index in [0.717, 1.165) is 43.2 Å². The highest BCUT2D eigenvalue weighted by atomic mass is 32.2. The average molecular weight is 343 g/mol. The van der Waals surface area contributed by atoms with Crippen LogP contribution in [0.4, 0.5) is 0 Å².